The summed E-state index contributed by atoms with van der Waals surface area (Å²) in [5, 5.41) is 35.1. The number of nitrogens with zero attached hydrogens (tertiary/aromatic N) is 5. The van der Waals surface area contributed by atoms with Gasteiger partial charge < -0.3 is 15.7 Å². The molecule has 9 nitrogen and oxygen atoms in total. The molecule has 3 N–H and O–H groups in total. The van der Waals surface area contributed by atoms with Crippen molar-refractivity contribution in [1.29, 1.82) is 5.26 Å². The highest BCUT2D eigenvalue weighted by molar-refractivity contribution is 6.35. The van der Waals surface area contributed by atoms with E-state index in [4.69, 9.17) is 16.7 Å². The molecule has 0 radical (unpaired) electrons. The molecule has 0 aliphatic rings. The standard InChI is InChI=1S/C30H25ClFN7O2/c1-2-25(18-6-4-3-5-7-18)36-28-20(14-33)15-34-30-23(28)12-22(13-24(30)31)35-29(19-8-10-21(32)11-9-19)26-16-39(38-37-26)17-27(40)41/h3-13,15-16,25,29,35H,2,17H2,1H3,(H,34,36)(H,40,41). The molecule has 0 aliphatic carbocycles. The summed E-state index contributed by atoms with van der Waals surface area (Å²) in [5.41, 5.74) is 4.24. The van der Waals surface area contributed by atoms with Gasteiger partial charge >= 0.3 is 5.97 Å². The van der Waals surface area contributed by atoms with Gasteiger partial charge in [0.05, 0.1) is 40.1 Å². The van der Waals surface area contributed by atoms with Gasteiger partial charge in [0.2, 0.25) is 0 Å². The first-order valence-corrected chi connectivity index (χ1v) is 13.2. The Labute approximate surface area is 240 Å². The van der Waals surface area contributed by atoms with E-state index in [1.807, 2.05) is 36.4 Å². The zero-order chi connectivity index (χ0) is 28.9. The summed E-state index contributed by atoms with van der Waals surface area (Å²) in [6, 6.07) is 20.9. The maximum Gasteiger partial charge on any atom is 0.325 e. The molecule has 3 aromatic carbocycles. The summed E-state index contributed by atoms with van der Waals surface area (Å²) in [6.45, 7) is 1.70. The first-order valence-electron chi connectivity index (χ1n) is 12.8. The van der Waals surface area contributed by atoms with Crippen molar-refractivity contribution in [2.75, 3.05) is 10.6 Å². The number of nitriles is 1. The molecule has 206 valence electrons. The molecule has 0 aliphatic heterocycles. The van der Waals surface area contributed by atoms with Gasteiger partial charge in [-0.2, -0.15) is 5.26 Å². The Kier molecular flexibility index (Phi) is 8.08. The van der Waals surface area contributed by atoms with Gasteiger partial charge in [0.1, 0.15) is 24.1 Å². The third-order valence-corrected chi connectivity index (χ3v) is 6.93. The summed E-state index contributed by atoms with van der Waals surface area (Å²) in [6.07, 6.45) is 3.79. The highest BCUT2D eigenvalue weighted by atomic mass is 35.5. The van der Waals surface area contributed by atoms with Gasteiger partial charge in [-0.1, -0.05) is 66.2 Å². The van der Waals surface area contributed by atoms with Crippen molar-refractivity contribution in [1.82, 2.24) is 20.0 Å². The number of halogens is 2. The third kappa shape index (κ3) is 6.10. The predicted molar refractivity (Wildman–Crippen MR) is 154 cm³/mol. The second-order valence-corrected chi connectivity index (χ2v) is 9.80. The Morgan fingerprint density at radius 1 is 1.12 bits per heavy atom. The van der Waals surface area contributed by atoms with Crippen molar-refractivity contribution in [2.24, 2.45) is 0 Å². The number of rotatable bonds is 10. The van der Waals surface area contributed by atoms with E-state index >= 15 is 0 Å². The lowest BCUT2D eigenvalue weighted by molar-refractivity contribution is -0.137. The van der Waals surface area contributed by atoms with Gasteiger partial charge in [-0.05, 0) is 41.8 Å². The van der Waals surface area contributed by atoms with Crippen LogP contribution in [0.4, 0.5) is 15.8 Å². The number of hydrogen-bond donors (Lipinski definition) is 3. The van der Waals surface area contributed by atoms with E-state index in [-0.39, 0.29) is 12.6 Å². The van der Waals surface area contributed by atoms with Crippen LogP contribution in [0, 0.1) is 17.1 Å². The lowest BCUT2D eigenvalue weighted by atomic mass is 10.0. The first kappa shape index (κ1) is 27.6. The molecule has 0 saturated carbocycles. The molecule has 2 aromatic heterocycles. The fourth-order valence-corrected chi connectivity index (χ4v) is 4.94. The molecule has 0 saturated heterocycles. The summed E-state index contributed by atoms with van der Waals surface area (Å²) < 4.78 is 15.0. The zero-order valence-electron chi connectivity index (χ0n) is 21.9. The van der Waals surface area contributed by atoms with Gasteiger partial charge in [-0.15, -0.1) is 5.10 Å². The first-order chi connectivity index (χ1) is 19.9. The van der Waals surface area contributed by atoms with Crippen LogP contribution in [-0.4, -0.2) is 31.1 Å². The molecular formula is C30H25ClFN7O2. The number of carbonyl (C=O) groups is 1. The van der Waals surface area contributed by atoms with Crippen molar-refractivity contribution in [3.8, 4) is 6.07 Å². The molecule has 0 spiro atoms. The number of carboxylic acid groups (broad SMARTS) is 1. The van der Waals surface area contributed by atoms with Gasteiger partial charge in [-0.25, -0.2) is 9.07 Å². The predicted octanol–water partition coefficient (Wildman–Crippen LogP) is 6.34. The van der Waals surface area contributed by atoms with Crippen LogP contribution >= 0.6 is 11.6 Å². The van der Waals surface area contributed by atoms with E-state index in [2.05, 4.69) is 38.9 Å². The van der Waals surface area contributed by atoms with E-state index in [0.717, 1.165) is 12.0 Å². The fourth-order valence-electron chi connectivity index (χ4n) is 4.68. The molecule has 11 heteroatoms. The quantitative estimate of drug-likeness (QED) is 0.178. The Bertz CT molecular complexity index is 1740. The van der Waals surface area contributed by atoms with Crippen LogP contribution < -0.4 is 10.6 Å². The van der Waals surface area contributed by atoms with Crippen LogP contribution in [0.1, 0.15) is 47.8 Å². The lowest BCUT2D eigenvalue weighted by Crippen LogP contribution is -2.14. The van der Waals surface area contributed by atoms with Crippen molar-refractivity contribution >= 4 is 39.8 Å². The minimum atomic E-state index is -1.06. The Morgan fingerprint density at radius 3 is 2.56 bits per heavy atom. The average molecular weight is 570 g/mol. The largest absolute Gasteiger partial charge is 0.480 e. The van der Waals surface area contributed by atoms with E-state index in [1.54, 1.807) is 18.2 Å². The van der Waals surface area contributed by atoms with E-state index in [0.29, 0.717) is 44.1 Å². The summed E-state index contributed by atoms with van der Waals surface area (Å²) in [4.78, 5) is 15.6. The van der Waals surface area contributed by atoms with Crippen LogP contribution in [0.25, 0.3) is 10.9 Å². The van der Waals surface area contributed by atoms with Crippen LogP contribution in [0.3, 0.4) is 0 Å². The number of aromatic nitrogens is 4. The second-order valence-electron chi connectivity index (χ2n) is 9.39. The number of aliphatic carboxylic acids is 1. The summed E-state index contributed by atoms with van der Waals surface area (Å²) >= 11 is 6.71. The highest BCUT2D eigenvalue weighted by Crippen LogP contribution is 2.37. The van der Waals surface area contributed by atoms with E-state index in [9.17, 15) is 14.4 Å². The number of anilines is 2. The topological polar surface area (TPSA) is 129 Å². The fraction of sp³-hybridized carbons (Fsp3) is 0.167. The molecule has 41 heavy (non-hydrogen) atoms. The number of fused-ring (bicyclic) bond motifs is 1. The van der Waals surface area contributed by atoms with Gasteiger partial charge in [-0.3, -0.25) is 9.78 Å². The monoisotopic (exact) mass is 569 g/mol. The van der Waals surface area contributed by atoms with Gasteiger partial charge in [0, 0.05) is 17.3 Å². The molecule has 2 unspecified atom stereocenters. The van der Waals surface area contributed by atoms with Gasteiger partial charge in [0.15, 0.2) is 0 Å². The van der Waals surface area contributed by atoms with Gasteiger partial charge in [0.25, 0.3) is 0 Å². The molecular weight excluding hydrogens is 545 g/mol. The summed E-state index contributed by atoms with van der Waals surface area (Å²) in [5.74, 6) is -1.46. The molecule has 2 atom stereocenters. The second kappa shape index (κ2) is 12.0. The molecule has 0 bridgehead atoms. The minimum Gasteiger partial charge on any atom is -0.480 e. The Balaban J connectivity index is 1.59. The van der Waals surface area contributed by atoms with Crippen LogP contribution in [0.5, 0.6) is 0 Å². The molecule has 5 aromatic rings. The molecule has 0 amide bonds. The number of nitrogens with one attached hydrogen (secondary N) is 2. The maximum absolute atomic E-state index is 13.8. The maximum atomic E-state index is 13.8. The number of hydrogen-bond acceptors (Lipinski definition) is 7. The summed E-state index contributed by atoms with van der Waals surface area (Å²) in [7, 11) is 0. The third-order valence-electron chi connectivity index (χ3n) is 6.64. The average Bonchev–Trinajstić information content (AvgIpc) is 3.43. The van der Waals surface area contributed by atoms with Crippen LogP contribution in [0.2, 0.25) is 5.02 Å². The zero-order valence-corrected chi connectivity index (χ0v) is 22.7. The van der Waals surface area contributed by atoms with Crippen molar-refractivity contribution < 1.29 is 14.3 Å². The number of benzene rings is 3. The number of pyridine rings is 1. The van der Waals surface area contributed by atoms with Crippen molar-refractivity contribution in [2.45, 2.75) is 32.0 Å². The Hall–Kier alpha value is -5.01. The molecule has 2 heterocycles. The molecule has 0 fully saturated rings. The lowest BCUT2D eigenvalue weighted by Gasteiger charge is -2.22. The van der Waals surface area contributed by atoms with E-state index in [1.165, 1.54) is 29.2 Å². The van der Waals surface area contributed by atoms with Crippen LogP contribution in [-0.2, 0) is 11.3 Å². The smallest absolute Gasteiger partial charge is 0.325 e. The highest BCUT2D eigenvalue weighted by Gasteiger charge is 2.21. The minimum absolute atomic E-state index is 0.0690. The number of carboxylic acids is 1. The normalized spacial score (nSPS) is 12.4. The SMILES string of the molecule is CCC(Nc1c(C#N)cnc2c(Cl)cc(NC(c3ccc(F)cc3)c3cn(CC(=O)O)nn3)cc12)c1ccccc1. The van der Waals surface area contributed by atoms with Crippen LogP contribution in [0.15, 0.2) is 79.1 Å². The van der Waals surface area contributed by atoms with Crippen molar-refractivity contribution in [3.05, 3.63) is 112 Å². The molecule has 5 rings (SSSR count). The Morgan fingerprint density at radius 2 is 1.88 bits per heavy atom. The van der Waals surface area contributed by atoms with E-state index < -0.39 is 17.8 Å². The van der Waals surface area contributed by atoms with Crippen molar-refractivity contribution in [3.63, 3.8) is 0 Å².